The molecule has 7 nitrogen and oxygen atoms in total. The molecular formula is C18H36N4O3. The smallest absolute Gasteiger partial charge is 0.305 e. The Bertz CT molecular complexity index is 371. The highest BCUT2D eigenvalue weighted by atomic mass is 16.5. The quantitative estimate of drug-likeness (QED) is 0.238. The number of carbonyl (C=O) groups is 1. The first-order valence-corrected chi connectivity index (χ1v) is 9.74. The summed E-state index contributed by atoms with van der Waals surface area (Å²) in [7, 11) is 0. The van der Waals surface area contributed by atoms with Crippen molar-refractivity contribution in [1.82, 2.24) is 15.5 Å². The minimum absolute atomic E-state index is 0.0839. The van der Waals surface area contributed by atoms with Gasteiger partial charge in [-0.2, -0.15) is 0 Å². The van der Waals surface area contributed by atoms with Crippen LogP contribution in [0.4, 0.5) is 0 Å². The van der Waals surface area contributed by atoms with Crippen molar-refractivity contribution < 1.29 is 14.3 Å². The number of hydrogen-bond acceptors (Lipinski definition) is 5. The fourth-order valence-corrected chi connectivity index (χ4v) is 2.66. The number of nitrogens with zero attached hydrogens (tertiary/aromatic N) is 2. The summed E-state index contributed by atoms with van der Waals surface area (Å²) in [6.45, 7) is 11.7. The molecule has 0 atom stereocenters. The Kier molecular flexibility index (Phi) is 13.0. The van der Waals surface area contributed by atoms with Crippen LogP contribution >= 0.6 is 0 Å². The molecule has 146 valence electrons. The molecule has 25 heavy (non-hydrogen) atoms. The van der Waals surface area contributed by atoms with Crippen molar-refractivity contribution in [3.63, 3.8) is 0 Å². The van der Waals surface area contributed by atoms with Crippen LogP contribution in [0.5, 0.6) is 0 Å². The summed E-state index contributed by atoms with van der Waals surface area (Å²) < 4.78 is 10.3. The SMILES string of the molecule is CCNC(=NCCCCCCC(=O)OCC)NCCN1CCOCC1. The van der Waals surface area contributed by atoms with Crippen LogP contribution in [0, 0.1) is 0 Å². The first-order chi connectivity index (χ1) is 12.3. The van der Waals surface area contributed by atoms with E-state index in [2.05, 4.69) is 27.4 Å². The van der Waals surface area contributed by atoms with E-state index in [4.69, 9.17) is 9.47 Å². The maximum Gasteiger partial charge on any atom is 0.305 e. The molecule has 1 heterocycles. The van der Waals surface area contributed by atoms with E-state index in [0.29, 0.717) is 13.0 Å². The van der Waals surface area contributed by atoms with Gasteiger partial charge in [0.2, 0.25) is 0 Å². The van der Waals surface area contributed by atoms with E-state index < -0.39 is 0 Å². The van der Waals surface area contributed by atoms with Crippen LogP contribution in [-0.2, 0) is 14.3 Å². The topological polar surface area (TPSA) is 75.2 Å². The summed E-state index contributed by atoms with van der Waals surface area (Å²) in [6.07, 6.45) is 4.62. The van der Waals surface area contributed by atoms with E-state index in [1.807, 2.05) is 6.92 Å². The number of esters is 1. The first kappa shape index (κ1) is 21.7. The molecule has 0 aromatic heterocycles. The zero-order valence-corrected chi connectivity index (χ0v) is 16.0. The third-order valence-corrected chi connectivity index (χ3v) is 4.03. The number of carbonyl (C=O) groups excluding carboxylic acids is 1. The van der Waals surface area contributed by atoms with Gasteiger partial charge in [-0.25, -0.2) is 0 Å². The van der Waals surface area contributed by atoms with E-state index in [0.717, 1.165) is 84.1 Å². The molecule has 0 bridgehead atoms. The summed E-state index contributed by atoms with van der Waals surface area (Å²) >= 11 is 0. The third kappa shape index (κ3) is 11.8. The Labute approximate surface area is 152 Å². The third-order valence-electron chi connectivity index (χ3n) is 4.03. The molecular weight excluding hydrogens is 320 g/mol. The predicted molar refractivity (Wildman–Crippen MR) is 101 cm³/mol. The van der Waals surface area contributed by atoms with Crippen molar-refractivity contribution in [2.45, 2.75) is 46.0 Å². The van der Waals surface area contributed by atoms with E-state index >= 15 is 0 Å². The lowest BCUT2D eigenvalue weighted by atomic mass is 10.1. The lowest BCUT2D eigenvalue weighted by Crippen LogP contribution is -2.44. The highest BCUT2D eigenvalue weighted by Gasteiger charge is 2.09. The second kappa shape index (κ2) is 15.0. The highest BCUT2D eigenvalue weighted by molar-refractivity contribution is 5.79. The largest absolute Gasteiger partial charge is 0.466 e. The van der Waals surface area contributed by atoms with Gasteiger partial charge >= 0.3 is 5.97 Å². The summed E-state index contributed by atoms with van der Waals surface area (Å²) in [5.74, 6) is 0.807. The van der Waals surface area contributed by atoms with Gasteiger partial charge in [-0.05, 0) is 26.7 Å². The van der Waals surface area contributed by atoms with Crippen molar-refractivity contribution in [2.75, 3.05) is 59.1 Å². The lowest BCUT2D eigenvalue weighted by Gasteiger charge is -2.26. The van der Waals surface area contributed by atoms with Gasteiger partial charge in [0.25, 0.3) is 0 Å². The number of guanidine groups is 1. The monoisotopic (exact) mass is 356 g/mol. The molecule has 0 amide bonds. The zero-order chi connectivity index (χ0) is 18.2. The second-order valence-electron chi connectivity index (χ2n) is 6.11. The van der Waals surface area contributed by atoms with Crippen molar-refractivity contribution in [2.24, 2.45) is 4.99 Å². The summed E-state index contributed by atoms with van der Waals surface area (Å²) in [6, 6.07) is 0. The Morgan fingerprint density at radius 1 is 1.12 bits per heavy atom. The highest BCUT2D eigenvalue weighted by Crippen LogP contribution is 2.04. The summed E-state index contributed by atoms with van der Waals surface area (Å²) in [4.78, 5) is 18.3. The molecule has 1 aliphatic rings. The normalized spacial score (nSPS) is 15.8. The van der Waals surface area contributed by atoms with Crippen LogP contribution in [0.3, 0.4) is 0 Å². The average molecular weight is 357 g/mol. The number of hydrogen-bond donors (Lipinski definition) is 2. The minimum atomic E-state index is -0.0839. The van der Waals surface area contributed by atoms with Crippen LogP contribution in [0.15, 0.2) is 4.99 Å². The Morgan fingerprint density at radius 2 is 1.88 bits per heavy atom. The fraction of sp³-hybridized carbons (Fsp3) is 0.889. The number of morpholine rings is 1. The lowest BCUT2D eigenvalue weighted by molar-refractivity contribution is -0.143. The predicted octanol–water partition coefficient (Wildman–Crippen LogP) is 1.39. The zero-order valence-electron chi connectivity index (χ0n) is 16.0. The number of aliphatic imine (C=N–C) groups is 1. The molecule has 2 N–H and O–H groups in total. The van der Waals surface area contributed by atoms with Gasteiger partial charge in [-0.3, -0.25) is 14.7 Å². The molecule has 0 saturated carbocycles. The fourth-order valence-electron chi connectivity index (χ4n) is 2.66. The molecule has 0 radical (unpaired) electrons. The van der Waals surface area contributed by atoms with Crippen LogP contribution in [0.1, 0.15) is 46.0 Å². The van der Waals surface area contributed by atoms with E-state index in [1.54, 1.807) is 0 Å². The van der Waals surface area contributed by atoms with E-state index in [-0.39, 0.29) is 5.97 Å². The molecule has 0 spiro atoms. The first-order valence-electron chi connectivity index (χ1n) is 9.74. The van der Waals surface area contributed by atoms with Gasteiger partial charge in [-0.15, -0.1) is 0 Å². The minimum Gasteiger partial charge on any atom is -0.466 e. The van der Waals surface area contributed by atoms with Crippen molar-refractivity contribution in [1.29, 1.82) is 0 Å². The van der Waals surface area contributed by atoms with Crippen LogP contribution in [0.25, 0.3) is 0 Å². The van der Waals surface area contributed by atoms with E-state index in [1.165, 1.54) is 0 Å². The molecule has 1 saturated heterocycles. The van der Waals surface area contributed by atoms with Gasteiger partial charge in [0, 0.05) is 45.7 Å². The number of ether oxygens (including phenoxy) is 2. The maximum absolute atomic E-state index is 11.2. The molecule has 0 unspecified atom stereocenters. The van der Waals surface area contributed by atoms with Crippen LogP contribution < -0.4 is 10.6 Å². The van der Waals surface area contributed by atoms with Crippen molar-refractivity contribution >= 4 is 11.9 Å². The molecule has 0 aromatic carbocycles. The van der Waals surface area contributed by atoms with Gasteiger partial charge < -0.3 is 20.1 Å². The van der Waals surface area contributed by atoms with E-state index in [9.17, 15) is 4.79 Å². The molecule has 1 fully saturated rings. The van der Waals surface area contributed by atoms with Gasteiger partial charge in [0.05, 0.1) is 19.8 Å². The Hall–Kier alpha value is -1.34. The second-order valence-corrected chi connectivity index (χ2v) is 6.11. The Balaban J connectivity index is 2.07. The average Bonchev–Trinajstić information content (AvgIpc) is 2.62. The van der Waals surface area contributed by atoms with Crippen LogP contribution in [0.2, 0.25) is 0 Å². The van der Waals surface area contributed by atoms with Gasteiger partial charge in [0.1, 0.15) is 0 Å². The molecule has 7 heteroatoms. The van der Waals surface area contributed by atoms with Gasteiger partial charge in [-0.1, -0.05) is 12.8 Å². The van der Waals surface area contributed by atoms with Crippen molar-refractivity contribution in [3.8, 4) is 0 Å². The maximum atomic E-state index is 11.2. The molecule has 0 aliphatic carbocycles. The molecule has 0 aromatic rings. The van der Waals surface area contributed by atoms with Gasteiger partial charge in [0.15, 0.2) is 5.96 Å². The number of nitrogens with one attached hydrogen (secondary N) is 2. The summed E-state index contributed by atoms with van der Waals surface area (Å²) in [5, 5.41) is 6.68. The van der Waals surface area contributed by atoms with Crippen molar-refractivity contribution in [3.05, 3.63) is 0 Å². The summed E-state index contributed by atoms with van der Waals surface area (Å²) in [5.41, 5.74) is 0. The number of rotatable bonds is 12. The standard InChI is InChI=1S/C18H36N4O3/c1-3-19-18(21-11-12-22-13-15-24-16-14-22)20-10-8-6-5-7-9-17(23)25-4-2/h3-16H2,1-2H3,(H2,19,20,21). The van der Waals surface area contributed by atoms with Crippen LogP contribution in [-0.4, -0.2) is 75.9 Å². The molecule has 1 rings (SSSR count). The molecule has 1 aliphatic heterocycles. The Morgan fingerprint density at radius 3 is 2.60 bits per heavy atom. The number of unbranched alkanes of at least 4 members (excludes halogenated alkanes) is 3.